The molecular formula is C45H48N10O6. The minimum Gasteiger partial charge on any atom is -0.491 e. The smallest absolute Gasteiger partial charge is 0.262 e. The number of nitrogens with one attached hydrogen (secondary N) is 2. The van der Waals surface area contributed by atoms with Crippen molar-refractivity contribution in [3.63, 3.8) is 0 Å². The van der Waals surface area contributed by atoms with E-state index < -0.39 is 23.8 Å². The molecule has 3 saturated heterocycles. The first-order valence-electron chi connectivity index (χ1n) is 21.8. The molecule has 5 amide bonds. The third-order valence-electron chi connectivity index (χ3n) is 14.1. The van der Waals surface area contributed by atoms with E-state index >= 15 is 0 Å². The Morgan fingerprint density at radius 2 is 1.72 bits per heavy atom. The molecule has 2 aliphatic carbocycles. The van der Waals surface area contributed by atoms with E-state index in [9.17, 15) is 24.0 Å². The lowest BCUT2D eigenvalue weighted by molar-refractivity contribution is -0.136. The average Bonchev–Trinajstić information content (AvgIpc) is 3.75. The zero-order valence-electron chi connectivity index (χ0n) is 33.9. The lowest BCUT2D eigenvalue weighted by Crippen LogP contribution is -2.54. The summed E-state index contributed by atoms with van der Waals surface area (Å²) in [4.78, 5) is 74.5. The van der Waals surface area contributed by atoms with Gasteiger partial charge in [-0.25, -0.2) is 9.50 Å². The first-order valence-corrected chi connectivity index (χ1v) is 21.8. The molecule has 7 heterocycles. The molecule has 16 nitrogen and oxygen atoms in total. The van der Waals surface area contributed by atoms with Crippen molar-refractivity contribution in [2.75, 3.05) is 49.5 Å². The van der Waals surface area contributed by atoms with Gasteiger partial charge in [0, 0.05) is 74.9 Å². The normalized spacial score (nSPS) is 22.3. The summed E-state index contributed by atoms with van der Waals surface area (Å²) in [6.45, 7) is 5.60. The first-order chi connectivity index (χ1) is 29.7. The van der Waals surface area contributed by atoms with Gasteiger partial charge in [-0.15, -0.1) is 0 Å². The van der Waals surface area contributed by atoms with Gasteiger partial charge in [-0.05, 0) is 105 Å². The van der Waals surface area contributed by atoms with Crippen LogP contribution in [0, 0.1) is 17.3 Å². The second-order valence-electron chi connectivity index (χ2n) is 18.1. The van der Waals surface area contributed by atoms with Crippen molar-refractivity contribution in [1.29, 1.82) is 0 Å². The predicted octanol–water partition coefficient (Wildman–Crippen LogP) is 4.86. The van der Waals surface area contributed by atoms with Gasteiger partial charge in [-0.1, -0.05) is 0 Å². The van der Waals surface area contributed by atoms with E-state index in [0.29, 0.717) is 63.7 Å². The molecule has 0 radical (unpaired) electrons. The zero-order valence-corrected chi connectivity index (χ0v) is 33.9. The molecule has 11 rings (SSSR count). The highest BCUT2D eigenvalue weighted by Gasteiger charge is 2.47. The molecule has 1 unspecified atom stereocenters. The van der Waals surface area contributed by atoms with Crippen molar-refractivity contribution >= 4 is 57.5 Å². The predicted molar refractivity (Wildman–Crippen MR) is 223 cm³/mol. The maximum Gasteiger partial charge on any atom is 0.262 e. The van der Waals surface area contributed by atoms with Crippen LogP contribution in [0.15, 0.2) is 61.2 Å². The highest BCUT2D eigenvalue weighted by Crippen LogP contribution is 2.53. The van der Waals surface area contributed by atoms with Gasteiger partial charge in [0.2, 0.25) is 11.8 Å². The SMILES string of the molecule is O=C1CCC(N2C(=O)c3ccc(N4CCC5(CC4)CC(CN4CCC(n6cc7cc(NC(=O)c8cnn9cccnc89)c(OCC8CC8)cc7n6)CC4)C5)cc3C2=O)C(=O)N1. The molecule has 2 N–H and O–H groups in total. The third kappa shape index (κ3) is 6.99. The second-order valence-corrected chi connectivity index (χ2v) is 18.1. The number of hydrogen-bond donors (Lipinski definition) is 2. The van der Waals surface area contributed by atoms with Crippen LogP contribution < -0.4 is 20.3 Å². The van der Waals surface area contributed by atoms with Crippen LogP contribution in [0.4, 0.5) is 11.4 Å². The van der Waals surface area contributed by atoms with E-state index in [1.807, 2.05) is 18.2 Å². The van der Waals surface area contributed by atoms with Gasteiger partial charge in [-0.2, -0.15) is 10.2 Å². The quantitative estimate of drug-likeness (QED) is 0.184. The van der Waals surface area contributed by atoms with Gasteiger partial charge in [0.05, 0.1) is 41.2 Å². The molecule has 5 fully saturated rings. The van der Waals surface area contributed by atoms with Crippen molar-refractivity contribution in [2.45, 2.75) is 76.3 Å². The fraction of sp³-hybridized carbons (Fsp3) is 0.467. The molecule has 314 valence electrons. The Morgan fingerprint density at radius 3 is 2.51 bits per heavy atom. The van der Waals surface area contributed by atoms with Crippen LogP contribution in [-0.2, 0) is 9.59 Å². The first kappa shape index (κ1) is 37.8. The molecule has 61 heavy (non-hydrogen) atoms. The molecule has 1 atom stereocenters. The minimum absolute atomic E-state index is 0.101. The fourth-order valence-corrected chi connectivity index (χ4v) is 10.5. The summed E-state index contributed by atoms with van der Waals surface area (Å²) >= 11 is 0. The van der Waals surface area contributed by atoms with Crippen molar-refractivity contribution in [3.05, 3.63) is 77.9 Å². The molecule has 0 bridgehead atoms. The average molecular weight is 825 g/mol. The molecule has 2 aromatic carbocycles. The summed E-state index contributed by atoms with van der Waals surface area (Å²) < 4.78 is 9.96. The number of benzene rings is 2. The lowest BCUT2D eigenvalue weighted by Gasteiger charge is -2.54. The van der Waals surface area contributed by atoms with Crippen LogP contribution in [0.25, 0.3) is 16.6 Å². The zero-order chi connectivity index (χ0) is 41.4. The summed E-state index contributed by atoms with van der Waals surface area (Å²) in [6.07, 6.45) is 16.4. The largest absolute Gasteiger partial charge is 0.491 e. The maximum absolute atomic E-state index is 13.5. The number of imide groups is 2. The number of hydrogen-bond acceptors (Lipinski definition) is 11. The lowest BCUT2D eigenvalue weighted by atomic mass is 9.57. The fourth-order valence-electron chi connectivity index (χ4n) is 10.5. The summed E-state index contributed by atoms with van der Waals surface area (Å²) in [5.41, 5.74) is 4.30. The van der Waals surface area contributed by atoms with Crippen LogP contribution in [0.3, 0.4) is 0 Å². The van der Waals surface area contributed by atoms with Crippen LogP contribution in [0.5, 0.6) is 5.75 Å². The number of piperidine rings is 3. The summed E-state index contributed by atoms with van der Waals surface area (Å²) in [6, 6.07) is 10.5. The molecule has 6 aliphatic rings. The van der Waals surface area contributed by atoms with Crippen molar-refractivity contribution in [3.8, 4) is 5.75 Å². The van der Waals surface area contributed by atoms with Crippen molar-refractivity contribution in [2.24, 2.45) is 17.3 Å². The molecule has 2 saturated carbocycles. The Kier molecular flexibility index (Phi) is 9.16. The van der Waals surface area contributed by atoms with Crippen LogP contribution in [0.2, 0.25) is 0 Å². The van der Waals surface area contributed by atoms with E-state index in [4.69, 9.17) is 9.84 Å². The Balaban J connectivity index is 0.678. The monoisotopic (exact) mass is 824 g/mol. The van der Waals surface area contributed by atoms with Crippen LogP contribution in [0.1, 0.15) is 101 Å². The summed E-state index contributed by atoms with van der Waals surface area (Å²) in [5.74, 6) is -0.337. The number of ether oxygens (including phenoxy) is 1. The standard InChI is InChI=1S/C45H48N10O6/c56-39-7-6-37(42(58)49-39)55-43(59)32-5-4-31(19-33(32)44(55)60)52-16-10-45(11-17-52)21-28(22-45)24-51-14-8-30(9-15-51)54-25-29-18-36(38(20-35(29)50-54)61-26-27-2-3-27)48-41(57)34-23-47-53-13-1-12-46-40(34)53/h1,4-5,12-13,18-20,23,25,27-28,30,37H,2-3,6-11,14-17,21-22,24,26H2,(H,48,57)(H,49,56,58). The molecule has 3 aromatic heterocycles. The van der Waals surface area contributed by atoms with Gasteiger partial charge in [-0.3, -0.25) is 38.9 Å². The highest BCUT2D eigenvalue weighted by molar-refractivity contribution is 6.23. The topological polar surface area (TPSA) is 176 Å². The number of carbonyl (C=O) groups is 5. The van der Waals surface area contributed by atoms with Crippen molar-refractivity contribution in [1.82, 2.24) is 39.5 Å². The number of likely N-dealkylation sites (tertiary alicyclic amines) is 1. The maximum atomic E-state index is 13.5. The highest BCUT2D eigenvalue weighted by atomic mass is 16.5. The summed E-state index contributed by atoms with van der Waals surface area (Å²) in [5, 5.41) is 15.6. The molecule has 16 heteroatoms. The van der Waals surface area contributed by atoms with Crippen LogP contribution >= 0.6 is 0 Å². The van der Waals surface area contributed by atoms with Gasteiger partial charge in [0.15, 0.2) is 5.65 Å². The third-order valence-corrected chi connectivity index (χ3v) is 14.1. The van der Waals surface area contributed by atoms with Crippen LogP contribution in [-0.4, -0.2) is 109 Å². The summed E-state index contributed by atoms with van der Waals surface area (Å²) in [7, 11) is 0. The van der Waals surface area contributed by atoms with E-state index in [-0.39, 0.29) is 24.7 Å². The van der Waals surface area contributed by atoms with E-state index in [1.165, 1.54) is 19.0 Å². The number of carbonyl (C=O) groups excluding carboxylic acids is 5. The van der Waals surface area contributed by atoms with Gasteiger partial charge in [0.25, 0.3) is 17.7 Å². The van der Waals surface area contributed by atoms with Gasteiger partial charge >= 0.3 is 0 Å². The number of aromatic nitrogens is 5. The Bertz CT molecular complexity index is 2610. The van der Waals surface area contributed by atoms with Gasteiger partial charge in [0.1, 0.15) is 17.4 Å². The Hall–Kier alpha value is -6.16. The number of nitrogens with zero attached hydrogens (tertiary/aromatic N) is 8. The molecular weight excluding hydrogens is 777 g/mol. The number of rotatable bonds is 10. The molecule has 1 spiro atoms. The van der Waals surface area contributed by atoms with E-state index in [0.717, 1.165) is 92.7 Å². The Morgan fingerprint density at radius 1 is 0.918 bits per heavy atom. The van der Waals surface area contributed by atoms with E-state index in [2.05, 4.69) is 41.4 Å². The minimum atomic E-state index is -0.962. The van der Waals surface area contributed by atoms with Gasteiger partial charge < -0.3 is 19.9 Å². The Labute approximate surface area is 351 Å². The van der Waals surface area contributed by atoms with Crippen molar-refractivity contribution < 1.29 is 28.7 Å². The molecule has 4 aliphatic heterocycles. The number of anilines is 2. The second kappa shape index (κ2) is 14.8. The van der Waals surface area contributed by atoms with E-state index in [1.54, 1.807) is 35.1 Å². The molecule has 5 aromatic rings. The number of amides is 5. The number of fused-ring (bicyclic) bond motifs is 3.